The maximum absolute atomic E-state index is 13.0. The normalized spacial score (nSPS) is 21.5. The molecule has 0 unspecified atom stereocenters. The Morgan fingerprint density at radius 2 is 1.92 bits per heavy atom. The van der Waals surface area contributed by atoms with Crippen LogP contribution in [0.15, 0.2) is 42.5 Å². The summed E-state index contributed by atoms with van der Waals surface area (Å²) in [5, 5.41) is 13.5. The van der Waals surface area contributed by atoms with Crippen LogP contribution in [0.5, 0.6) is 5.75 Å². The highest BCUT2D eigenvalue weighted by atomic mass is 127. The molecule has 2 N–H and O–H groups in total. The molecule has 0 saturated heterocycles. The predicted molar refractivity (Wildman–Crippen MR) is 96.5 cm³/mol. The van der Waals surface area contributed by atoms with Gasteiger partial charge in [0.2, 0.25) is 0 Å². The molecule has 126 valence electrons. The second kappa shape index (κ2) is 6.33. The number of nitrogens with one attached hydrogen (secondary N) is 1. The molecule has 24 heavy (non-hydrogen) atoms. The van der Waals surface area contributed by atoms with Crippen LogP contribution in [0.1, 0.15) is 35.8 Å². The van der Waals surface area contributed by atoms with Crippen LogP contribution < -0.4 is 10.1 Å². The summed E-state index contributed by atoms with van der Waals surface area (Å²) in [5.41, 5.74) is 0.213. The number of fused-ring (bicyclic) bond motifs is 1. The third-order valence-electron chi connectivity index (χ3n) is 4.10. The van der Waals surface area contributed by atoms with Gasteiger partial charge in [-0.05, 0) is 78.9 Å². The molecule has 6 heteroatoms. The standard InChI is InChI=1S/C18H17FINO3/c1-18(2)16(22)15(13-9-12(20)7-8-14(13)24-18)21-17(23)10-3-5-11(19)6-4-10/h3-9,15-16,22H,1-2H3,(H,21,23)/t15-,16+/m0/s1. The van der Waals surface area contributed by atoms with E-state index in [9.17, 15) is 14.3 Å². The van der Waals surface area contributed by atoms with Crippen molar-refractivity contribution in [1.29, 1.82) is 0 Å². The number of amides is 1. The average molecular weight is 441 g/mol. The van der Waals surface area contributed by atoms with E-state index in [1.54, 1.807) is 13.8 Å². The van der Waals surface area contributed by atoms with Crippen LogP contribution in [-0.4, -0.2) is 22.7 Å². The fourth-order valence-corrected chi connectivity index (χ4v) is 3.27. The van der Waals surface area contributed by atoms with E-state index in [0.717, 1.165) is 9.13 Å². The Hall–Kier alpha value is -1.67. The topological polar surface area (TPSA) is 58.6 Å². The van der Waals surface area contributed by atoms with Crippen molar-refractivity contribution in [1.82, 2.24) is 5.32 Å². The lowest BCUT2D eigenvalue weighted by Crippen LogP contribution is -2.53. The number of aliphatic hydroxyl groups excluding tert-OH is 1. The molecule has 1 aliphatic rings. The van der Waals surface area contributed by atoms with Crippen molar-refractivity contribution in [2.45, 2.75) is 31.6 Å². The van der Waals surface area contributed by atoms with E-state index in [2.05, 4.69) is 27.9 Å². The molecule has 4 nitrogen and oxygen atoms in total. The van der Waals surface area contributed by atoms with Gasteiger partial charge in [0.05, 0.1) is 6.04 Å². The van der Waals surface area contributed by atoms with Crippen LogP contribution in [0.3, 0.4) is 0 Å². The molecule has 0 saturated carbocycles. The zero-order valence-corrected chi connectivity index (χ0v) is 15.4. The minimum Gasteiger partial charge on any atom is -0.485 e. The zero-order valence-electron chi connectivity index (χ0n) is 13.2. The summed E-state index contributed by atoms with van der Waals surface area (Å²) < 4.78 is 19.9. The Kier molecular flexibility index (Phi) is 4.52. The van der Waals surface area contributed by atoms with Crippen LogP contribution in [0.4, 0.5) is 4.39 Å². The van der Waals surface area contributed by atoms with Gasteiger partial charge in [-0.3, -0.25) is 4.79 Å². The van der Waals surface area contributed by atoms with Crippen molar-refractivity contribution in [3.05, 3.63) is 63.0 Å². The van der Waals surface area contributed by atoms with E-state index in [1.807, 2.05) is 18.2 Å². The van der Waals surface area contributed by atoms with Gasteiger partial charge < -0.3 is 15.2 Å². The van der Waals surface area contributed by atoms with E-state index in [-0.39, 0.29) is 5.91 Å². The highest BCUT2D eigenvalue weighted by Crippen LogP contribution is 2.40. The average Bonchev–Trinajstić information content (AvgIpc) is 2.53. The molecule has 0 spiro atoms. The van der Waals surface area contributed by atoms with Gasteiger partial charge in [0.1, 0.15) is 23.3 Å². The van der Waals surface area contributed by atoms with Gasteiger partial charge in [-0.25, -0.2) is 4.39 Å². The second-order valence-corrected chi connectivity index (χ2v) is 7.54. The summed E-state index contributed by atoms with van der Waals surface area (Å²) in [6.07, 6.45) is -0.924. The molecule has 1 amide bonds. The summed E-state index contributed by atoms with van der Waals surface area (Å²) in [6.45, 7) is 3.55. The molecule has 0 fully saturated rings. The first-order valence-corrected chi connectivity index (χ1v) is 8.59. The molecule has 0 aromatic heterocycles. The molecule has 2 aromatic rings. The molecule has 0 radical (unpaired) electrons. The van der Waals surface area contributed by atoms with Crippen LogP contribution in [-0.2, 0) is 0 Å². The number of carbonyl (C=O) groups excluding carboxylic acids is 1. The summed E-state index contributed by atoms with van der Waals surface area (Å²) in [7, 11) is 0. The Bertz CT molecular complexity index is 776. The SMILES string of the molecule is CC1(C)Oc2ccc(I)cc2[C@H](NC(=O)c2ccc(F)cc2)[C@H]1O. The minimum atomic E-state index is -0.924. The van der Waals surface area contributed by atoms with Gasteiger partial charge >= 0.3 is 0 Å². The summed E-state index contributed by atoms with van der Waals surface area (Å²) in [4.78, 5) is 12.5. The van der Waals surface area contributed by atoms with Gasteiger partial charge in [0.15, 0.2) is 0 Å². The number of ether oxygens (including phenoxy) is 1. The maximum Gasteiger partial charge on any atom is 0.251 e. The number of halogens is 2. The highest BCUT2D eigenvalue weighted by molar-refractivity contribution is 14.1. The minimum absolute atomic E-state index is 0.333. The van der Waals surface area contributed by atoms with Crippen LogP contribution >= 0.6 is 22.6 Å². The number of benzene rings is 2. The van der Waals surface area contributed by atoms with Crippen molar-refractivity contribution < 1.29 is 19.0 Å². The van der Waals surface area contributed by atoms with Crippen LogP contribution in [0, 0.1) is 9.39 Å². The fourth-order valence-electron chi connectivity index (χ4n) is 2.75. The number of hydrogen-bond donors (Lipinski definition) is 2. The van der Waals surface area contributed by atoms with Gasteiger partial charge in [0, 0.05) is 14.7 Å². The maximum atomic E-state index is 13.0. The zero-order chi connectivity index (χ0) is 17.5. The van der Waals surface area contributed by atoms with Crippen molar-refractivity contribution >= 4 is 28.5 Å². The Morgan fingerprint density at radius 3 is 2.58 bits per heavy atom. The van der Waals surface area contributed by atoms with E-state index < -0.39 is 23.6 Å². The Morgan fingerprint density at radius 1 is 1.25 bits per heavy atom. The predicted octanol–water partition coefficient (Wildman–Crippen LogP) is 3.43. The summed E-state index contributed by atoms with van der Waals surface area (Å²) in [5.74, 6) is -0.143. The molecule has 0 bridgehead atoms. The van der Waals surface area contributed by atoms with E-state index in [0.29, 0.717) is 11.3 Å². The molecule has 3 rings (SSSR count). The fraction of sp³-hybridized carbons (Fsp3) is 0.278. The van der Waals surface area contributed by atoms with Crippen molar-refractivity contribution in [2.24, 2.45) is 0 Å². The molecular weight excluding hydrogens is 424 g/mol. The lowest BCUT2D eigenvalue weighted by Gasteiger charge is -2.42. The monoisotopic (exact) mass is 441 g/mol. The molecule has 2 atom stereocenters. The molecular formula is C18H17FINO3. The van der Waals surface area contributed by atoms with Crippen LogP contribution in [0.25, 0.3) is 0 Å². The number of rotatable bonds is 2. The first kappa shape index (κ1) is 17.2. The van der Waals surface area contributed by atoms with Gasteiger partial charge in [-0.1, -0.05) is 0 Å². The smallest absolute Gasteiger partial charge is 0.251 e. The number of hydrogen-bond acceptors (Lipinski definition) is 3. The van der Waals surface area contributed by atoms with E-state index in [1.165, 1.54) is 24.3 Å². The first-order chi connectivity index (χ1) is 11.3. The largest absolute Gasteiger partial charge is 0.485 e. The van der Waals surface area contributed by atoms with Crippen LogP contribution in [0.2, 0.25) is 0 Å². The molecule has 2 aromatic carbocycles. The summed E-state index contributed by atoms with van der Waals surface area (Å²) in [6, 6.07) is 10.3. The summed E-state index contributed by atoms with van der Waals surface area (Å²) >= 11 is 2.17. The lowest BCUT2D eigenvalue weighted by atomic mass is 9.86. The highest BCUT2D eigenvalue weighted by Gasteiger charge is 2.43. The Balaban J connectivity index is 1.95. The Labute approximate surface area is 153 Å². The van der Waals surface area contributed by atoms with Gasteiger partial charge in [-0.15, -0.1) is 0 Å². The van der Waals surface area contributed by atoms with Crippen molar-refractivity contribution in [3.8, 4) is 5.75 Å². The van der Waals surface area contributed by atoms with E-state index in [4.69, 9.17) is 4.74 Å². The van der Waals surface area contributed by atoms with Crippen molar-refractivity contribution in [3.63, 3.8) is 0 Å². The van der Waals surface area contributed by atoms with Gasteiger partial charge in [0.25, 0.3) is 5.91 Å². The third-order valence-corrected chi connectivity index (χ3v) is 4.77. The molecule has 0 aliphatic carbocycles. The first-order valence-electron chi connectivity index (χ1n) is 7.51. The number of carbonyl (C=O) groups is 1. The molecule has 1 heterocycles. The number of aliphatic hydroxyl groups is 1. The van der Waals surface area contributed by atoms with E-state index >= 15 is 0 Å². The second-order valence-electron chi connectivity index (χ2n) is 6.29. The molecule has 1 aliphatic heterocycles. The lowest BCUT2D eigenvalue weighted by molar-refractivity contribution is -0.0628. The quantitative estimate of drug-likeness (QED) is 0.703. The van der Waals surface area contributed by atoms with Gasteiger partial charge in [-0.2, -0.15) is 0 Å². The third kappa shape index (κ3) is 3.25. The van der Waals surface area contributed by atoms with Crippen molar-refractivity contribution in [2.75, 3.05) is 0 Å².